The zero-order valence-corrected chi connectivity index (χ0v) is 13.4. The topological polar surface area (TPSA) is 125 Å². The number of nitrogens with zero attached hydrogens (tertiary/aromatic N) is 1. The normalized spacial score (nSPS) is 22.9. The highest BCUT2D eigenvalue weighted by Gasteiger charge is 2.52. The molecule has 2 N–H and O–H groups in total. The van der Waals surface area contributed by atoms with Crippen LogP contribution < -0.4 is 5.73 Å². The van der Waals surface area contributed by atoms with E-state index in [0.717, 1.165) is 0 Å². The van der Waals surface area contributed by atoms with Gasteiger partial charge in [0, 0.05) is 25.2 Å². The van der Waals surface area contributed by atoms with Gasteiger partial charge in [0.15, 0.2) is 0 Å². The number of esters is 3. The van der Waals surface area contributed by atoms with Gasteiger partial charge in [-0.2, -0.15) is 0 Å². The van der Waals surface area contributed by atoms with Crippen LogP contribution >= 0.6 is 11.8 Å². The molecule has 10 heteroatoms. The van der Waals surface area contributed by atoms with Gasteiger partial charge in [0.05, 0.1) is 0 Å². The van der Waals surface area contributed by atoms with Gasteiger partial charge < -0.3 is 19.9 Å². The van der Waals surface area contributed by atoms with Crippen LogP contribution in [0.4, 0.5) is 0 Å². The quantitative estimate of drug-likeness (QED) is 0.384. The van der Waals surface area contributed by atoms with Crippen LogP contribution in [0, 0.1) is 0 Å². The molecule has 0 saturated carbocycles. The highest BCUT2D eigenvalue weighted by Crippen LogP contribution is 2.39. The SMILES string of the molecule is CC(=O)OCOC(=O)C1=C(COC(C)=O)CSC2C(N)C(=O)N12. The van der Waals surface area contributed by atoms with Crippen LogP contribution in [0.3, 0.4) is 0 Å². The summed E-state index contributed by atoms with van der Waals surface area (Å²) in [5.74, 6) is -2.00. The minimum Gasteiger partial charge on any atom is -0.461 e. The van der Waals surface area contributed by atoms with E-state index in [2.05, 4.69) is 4.74 Å². The molecule has 0 spiro atoms. The van der Waals surface area contributed by atoms with E-state index in [9.17, 15) is 19.2 Å². The summed E-state index contributed by atoms with van der Waals surface area (Å²) in [5.41, 5.74) is 6.14. The lowest BCUT2D eigenvalue weighted by molar-refractivity contribution is -0.166. The van der Waals surface area contributed by atoms with Crippen LogP contribution in [-0.4, -0.2) is 59.3 Å². The van der Waals surface area contributed by atoms with Gasteiger partial charge in [-0.15, -0.1) is 11.8 Å². The summed E-state index contributed by atoms with van der Waals surface area (Å²) < 4.78 is 14.3. The van der Waals surface area contributed by atoms with Gasteiger partial charge in [0.1, 0.15) is 23.7 Å². The van der Waals surface area contributed by atoms with Crippen molar-refractivity contribution in [3.05, 3.63) is 11.3 Å². The Morgan fingerprint density at radius 2 is 1.87 bits per heavy atom. The van der Waals surface area contributed by atoms with Crippen LogP contribution in [0.5, 0.6) is 0 Å². The van der Waals surface area contributed by atoms with Crippen LogP contribution in [-0.2, 0) is 33.4 Å². The van der Waals surface area contributed by atoms with Crippen molar-refractivity contribution in [3.8, 4) is 0 Å². The van der Waals surface area contributed by atoms with Crippen molar-refractivity contribution in [2.24, 2.45) is 5.73 Å². The molecule has 2 rings (SSSR count). The molecular weight excluding hydrogens is 328 g/mol. The Morgan fingerprint density at radius 3 is 2.48 bits per heavy atom. The molecule has 9 nitrogen and oxygen atoms in total. The molecule has 0 bridgehead atoms. The number of β-lactam (4-membered cyclic amide) rings is 1. The van der Waals surface area contributed by atoms with Gasteiger partial charge in [-0.3, -0.25) is 19.3 Å². The Bertz CT molecular complexity index is 589. The fourth-order valence-corrected chi connectivity index (χ4v) is 3.38. The van der Waals surface area contributed by atoms with E-state index in [4.69, 9.17) is 15.2 Å². The van der Waals surface area contributed by atoms with E-state index >= 15 is 0 Å². The Morgan fingerprint density at radius 1 is 1.22 bits per heavy atom. The maximum Gasteiger partial charge on any atom is 0.358 e. The van der Waals surface area contributed by atoms with E-state index < -0.39 is 36.6 Å². The summed E-state index contributed by atoms with van der Waals surface area (Å²) >= 11 is 1.37. The van der Waals surface area contributed by atoms with E-state index in [1.54, 1.807) is 0 Å². The number of ether oxygens (including phenoxy) is 3. The molecule has 0 aromatic rings. The maximum atomic E-state index is 12.2. The van der Waals surface area contributed by atoms with Crippen LogP contribution in [0.25, 0.3) is 0 Å². The first-order valence-electron chi connectivity index (χ1n) is 6.69. The van der Waals surface area contributed by atoms with Crippen molar-refractivity contribution >= 4 is 35.6 Å². The smallest absolute Gasteiger partial charge is 0.358 e. The van der Waals surface area contributed by atoms with Crippen molar-refractivity contribution in [1.82, 2.24) is 4.90 Å². The van der Waals surface area contributed by atoms with Crippen LogP contribution in [0.1, 0.15) is 13.8 Å². The molecular formula is C13H16N2O7S. The zero-order valence-electron chi connectivity index (χ0n) is 12.6. The molecule has 0 aromatic heterocycles. The zero-order chi connectivity index (χ0) is 17.1. The second-order valence-electron chi connectivity index (χ2n) is 4.85. The predicted octanol–water partition coefficient (Wildman–Crippen LogP) is -0.890. The van der Waals surface area contributed by atoms with E-state index in [-0.39, 0.29) is 17.7 Å². The molecule has 1 saturated heterocycles. The fraction of sp³-hybridized carbons (Fsp3) is 0.538. The monoisotopic (exact) mass is 344 g/mol. The first-order valence-corrected chi connectivity index (χ1v) is 7.74. The molecule has 0 aliphatic carbocycles. The number of rotatable bonds is 5. The summed E-state index contributed by atoms with van der Waals surface area (Å²) in [5, 5.41) is -0.361. The average Bonchev–Trinajstić information content (AvgIpc) is 2.50. The Labute approximate surface area is 136 Å². The number of nitrogens with two attached hydrogens (primary N) is 1. The first-order chi connectivity index (χ1) is 10.8. The second-order valence-corrected chi connectivity index (χ2v) is 5.96. The molecule has 2 aliphatic rings. The van der Waals surface area contributed by atoms with Crippen molar-refractivity contribution in [3.63, 3.8) is 0 Å². The van der Waals surface area contributed by atoms with Gasteiger partial charge in [-0.25, -0.2) is 4.79 Å². The third-order valence-electron chi connectivity index (χ3n) is 3.18. The minimum atomic E-state index is -0.834. The highest BCUT2D eigenvalue weighted by molar-refractivity contribution is 8.00. The summed E-state index contributed by atoms with van der Waals surface area (Å²) in [7, 11) is 0. The van der Waals surface area contributed by atoms with Gasteiger partial charge in [-0.1, -0.05) is 0 Å². The van der Waals surface area contributed by atoms with Crippen LogP contribution in [0.2, 0.25) is 0 Å². The van der Waals surface area contributed by atoms with E-state index in [1.807, 2.05) is 0 Å². The average molecular weight is 344 g/mol. The molecule has 1 amide bonds. The molecule has 23 heavy (non-hydrogen) atoms. The summed E-state index contributed by atoms with van der Waals surface area (Å²) in [6.07, 6.45) is 0. The largest absolute Gasteiger partial charge is 0.461 e. The number of fused-ring (bicyclic) bond motifs is 1. The lowest BCUT2D eigenvalue weighted by atomic mass is 10.0. The Kier molecular flexibility index (Phi) is 5.26. The van der Waals surface area contributed by atoms with Crippen molar-refractivity contribution in [2.75, 3.05) is 19.2 Å². The lowest BCUT2D eigenvalue weighted by Gasteiger charge is -2.48. The number of hydrogen-bond acceptors (Lipinski definition) is 9. The third kappa shape index (κ3) is 3.64. The van der Waals surface area contributed by atoms with Crippen molar-refractivity contribution in [2.45, 2.75) is 25.3 Å². The molecule has 2 atom stereocenters. The number of carbonyl (C=O) groups excluding carboxylic acids is 4. The molecule has 1 fully saturated rings. The number of amides is 1. The number of carbonyl (C=O) groups is 4. The summed E-state index contributed by atoms with van der Waals surface area (Å²) in [4.78, 5) is 47.0. The molecule has 2 aliphatic heterocycles. The standard InChI is InChI=1S/C13H16N2O7S/c1-6(16)20-3-8-4-23-12-9(14)11(18)15(12)10(8)13(19)22-5-21-7(2)17/h9,12H,3-5,14H2,1-2H3. The third-order valence-corrected chi connectivity index (χ3v) is 4.54. The second kappa shape index (κ2) is 7.01. The van der Waals surface area contributed by atoms with Gasteiger partial charge in [0.25, 0.3) is 0 Å². The molecule has 2 heterocycles. The highest BCUT2D eigenvalue weighted by atomic mass is 32.2. The minimum absolute atomic E-state index is 0.00569. The van der Waals surface area contributed by atoms with E-state index in [1.165, 1.54) is 30.5 Å². The first kappa shape index (κ1) is 17.3. The maximum absolute atomic E-state index is 12.2. The Hall–Kier alpha value is -2.07. The molecule has 2 unspecified atom stereocenters. The molecule has 0 aromatic carbocycles. The number of thioether (sulfide) groups is 1. The predicted molar refractivity (Wildman–Crippen MR) is 77.5 cm³/mol. The lowest BCUT2D eigenvalue weighted by Crippen LogP contribution is -2.68. The van der Waals surface area contributed by atoms with Gasteiger partial charge in [-0.05, 0) is 0 Å². The van der Waals surface area contributed by atoms with Crippen molar-refractivity contribution < 1.29 is 33.4 Å². The van der Waals surface area contributed by atoms with E-state index in [0.29, 0.717) is 11.3 Å². The molecule has 126 valence electrons. The summed E-state index contributed by atoms with van der Waals surface area (Å²) in [6.45, 7) is 1.71. The Balaban J connectivity index is 2.17. The van der Waals surface area contributed by atoms with Crippen molar-refractivity contribution in [1.29, 1.82) is 0 Å². The van der Waals surface area contributed by atoms with Crippen LogP contribution in [0.15, 0.2) is 11.3 Å². The van der Waals surface area contributed by atoms with Gasteiger partial charge >= 0.3 is 17.9 Å². The number of hydrogen-bond donors (Lipinski definition) is 1. The van der Waals surface area contributed by atoms with Gasteiger partial charge in [0.2, 0.25) is 12.7 Å². The fourth-order valence-electron chi connectivity index (χ4n) is 2.10. The molecule has 0 radical (unpaired) electrons. The summed E-state index contributed by atoms with van der Waals surface area (Å²) in [6, 6.07) is -0.688.